The fraction of sp³-hybridized carbons (Fsp3) is 0.538. The highest BCUT2D eigenvalue weighted by Crippen LogP contribution is 2.25. The number of rotatable bonds is 3. The first-order chi connectivity index (χ1) is 7.75. The minimum atomic E-state index is 0.766. The van der Waals surface area contributed by atoms with Gasteiger partial charge in [-0.3, -0.25) is 0 Å². The van der Waals surface area contributed by atoms with Crippen LogP contribution in [0.5, 0.6) is 0 Å². The molecular weight excluding hydrogens is 282 g/mol. The van der Waals surface area contributed by atoms with Gasteiger partial charge in [-0.25, -0.2) is 0 Å². The Labute approximate surface area is 111 Å². The SMILES string of the molecule is CN1CCCC[C@H]1CSc1ccc(Br)cc1. The minimum Gasteiger partial charge on any atom is -0.303 e. The van der Waals surface area contributed by atoms with Crippen LogP contribution in [-0.2, 0) is 0 Å². The van der Waals surface area contributed by atoms with E-state index in [0.29, 0.717) is 0 Å². The Balaban J connectivity index is 1.84. The number of nitrogens with zero attached hydrogens (tertiary/aromatic N) is 1. The van der Waals surface area contributed by atoms with Crippen molar-refractivity contribution in [3.05, 3.63) is 28.7 Å². The van der Waals surface area contributed by atoms with E-state index < -0.39 is 0 Å². The maximum Gasteiger partial charge on any atom is 0.0186 e. The third-order valence-corrected chi connectivity index (χ3v) is 4.86. The van der Waals surface area contributed by atoms with Crippen molar-refractivity contribution in [2.75, 3.05) is 19.3 Å². The molecule has 0 N–H and O–H groups in total. The van der Waals surface area contributed by atoms with E-state index in [1.54, 1.807) is 0 Å². The Morgan fingerprint density at radius 1 is 1.31 bits per heavy atom. The second-order valence-corrected chi connectivity index (χ2v) is 6.40. The average Bonchev–Trinajstić information content (AvgIpc) is 2.30. The van der Waals surface area contributed by atoms with Crippen LogP contribution in [0.3, 0.4) is 0 Å². The molecule has 0 radical (unpaired) electrons. The van der Waals surface area contributed by atoms with E-state index in [-0.39, 0.29) is 0 Å². The van der Waals surface area contributed by atoms with Crippen molar-refractivity contribution in [3.8, 4) is 0 Å². The van der Waals surface area contributed by atoms with Crippen molar-refractivity contribution in [3.63, 3.8) is 0 Å². The molecule has 1 aromatic carbocycles. The van der Waals surface area contributed by atoms with Crippen molar-refractivity contribution in [2.24, 2.45) is 0 Å². The molecule has 0 spiro atoms. The number of piperidine rings is 1. The van der Waals surface area contributed by atoms with E-state index in [9.17, 15) is 0 Å². The third kappa shape index (κ3) is 3.51. The molecule has 16 heavy (non-hydrogen) atoms. The van der Waals surface area contributed by atoms with Gasteiger partial charge in [0, 0.05) is 21.2 Å². The van der Waals surface area contributed by atoms with Crippen molar-refractivity contribution in [1.82, 2.24) is 4.90 Å². The molecule has 1 heterocycles. The normalized spacial score (nSPS) is 22.2. The van der Waals surface area contributed by atoms with Crippen LogP contribution in [0.15, 0.2) is 33.6 Å². The van der Waals surface area contributed by atoms with E-state index in [0.717, 1.165) is 10.5 Å². The number of thioether (sulfide) groups is 1. The smallest absolute Gasteiger partial charge is 0.0186 e. The van der Waals surface area contributed by atoms with Gasteiger partial charge in [-0.2, -0.15) is 0 Å². The summed E-state index contributed by atoms with van der Waals surface area (Å²) in [5.74, 6) is 1.22. The fourth-order valence-electron chi connectivity index (χ4n) is 2.08. The zero-order valence-electron chi connectivity index (χ0n) is 9.66. The maximum absolute atomic E-state index is 3.47. The Morgan fingerprint density at radius 3 is 2.75 bits per heavy atom. The summed E-state index contributed by atoms with van der Waals surface area (Å²) in [7, 11) is 2.26. The zero-order valence-corrected chi connectivity index (χ0v) is 12.1. The van der Waals surface area contributed by atoms with Crippen LogP contribution in [0.1, 0.15) is 19.3 Å². The van der Waals surface area contributed by atoms with Gasteiger partial charge in [-0.1, -0.05) is 22.4 Å². The summed E-state index contributed by atoms with van der Waals surface area (Å²) in [6.45, 7) is 1.27. The molecule has 1 saturated heterocycles. The largest absolute Gasteiger partial charge is 0.303 e. The predicted molar refractivity (Wildman–Crippen MR) is 75.1 cm³/mol. The second kappa shape index (κ2) is 6.08. The maximum atomic E-state index is 3.47. The summed E-state index contributed by atoms with van der Waals surface area (Å²) < 4.78 is 1.16. The van der Waals surface area contributed by atoms with E-state index >= 15 is 0 Å². The summed E-state index contributed by atoms with van der Waals surface area (Å²) in [5.41, 5.74) is 0. The molecule has 3 heteroatoms. The first-order valence-corrected chi connectivity index (χ1v) is 7.62. The molecule has 1 aliphatic heterocycles. The molecule has 2 rings (SSSR count). The molecule has 1 atom stereocenters. The quantitative estimate of drug-likeness (QED) is 0.776. The lowest BCUT2D eigenvalue weighted by atomic mass is 10.1. The molecule has 0 unspecified atom stereocenters. The van der Waals surface area contributed by atoms with Gasteiger partial charge in [0.25, 0.3) is 0 Å². The standard InChI is InChI=1S/C13H18BrNS/c1-15-9-3-2-4-12(15)10-16-13-7-5-11(14)6-8-13/h5-8,12H,2-4,9-10H2,1H3/t12-/m0/s1. The van der Waals surface area contributed by atoms with Crippen molar-refractivity contribution < 1.29 is 0 Å². The van der Waals surface area contributed by atoms with Gasteiger partial charge in [0.05, 0.1) is 0 Å². The summed E-state index contributed by atoms with van der Waals surface area (Å²) in [6.07, 6.45) is 4.13. The minimum absolute atomic E-state index is 0.766. The van der Waals surface area contributed by atoms with Gasteiger partial charge in [-0.05, 0) is 50.7 Å². The lowest BCUT2D eigenvalue weighted by Gasteiger charge is -2.32. The molecule has 1 fully saturated rings. The topological polar surface area (TPSA) is 3.24 Å². The summed E-state index contributed by atoms with van der Waals surface area (Å²) in [4.78, 5) is 3.89. The number of benzene rings is 1. The summed E-state index contributed by atoms with van der Waals surface area (Å²) in [5, 5.41) is 0. The van der Waals surface area contributed by atoms with E-state index in [2.05, 4.69) is 52.1 Å². The van der Waals surface area contributed by atoms with Gasteiger partial charge in [0.15, 0.2) is 0 Å². The third-order valence-electron chi connectivity index (χ3n) is 3.18. The first-order valence-electron chi connectivity index (χ1n) is 5.84. The van der Waals surface area contributed by atoms with Crippen LogP contribution in [-0.4, -0.2) is 30.3 Å². The van der Waals surface area contributed by atoms with E-state index in [4.69, 9.17) is 0 Å². The molecule has 1 nitrogen and oxygen atoms in total. The molecule has 1 aliphatic rings. The molecule has 88 valence electrons. The highest BCUT2D eigenvalue weighted by molar-refractivity contribution is 9.10. The highest BCUT2D eigenvalue weighted by atomic mass is 79.9. The number of hydrogen-bond acceptors (Lipinski definition) is 2. The highest BCUT2D eigenvalue weighted by Gasteiger charge is 2.18. The fourth-order valence-corrected chi connectivity index (χ4v) is 3.48. The van der Waals surface area contributed by atoms with Crippen LogP contribution in [0.25, 0.3) is 0 Å². The van der Waals surface area contributed by atoms with Crippen molar-refractivity contribution in [1.29, 1.82) is 0 Å². The zero-order chi connectivity index (χ0) is 11.4. The van der Waals surface area contributed by atoms with Crippen molar-refractivity contribution >= 4 is 27.7 Å². The van der Waals surface area contributed by atoms with E-state index in [1.807, 2.05) is 11.8 Å². The number of hydrogen-bond donors (Lipinski definition) is 0. The first kappa shape index (κ1) is 12.5. The molecule has 1 aromatic rings. The lowest BCUT2D eigenvalue weighted by Crippen LogP contribution is -2.37. The Hall–Kier alpha value is 0.01000. The van der Waals surface area contributed by atoms with E-state index in [1.165, 1.54) is 36.5 Å². The Bertz CT molecular complexity index is 325. The predicted octanol–water partition coefficient (Wildman–Crippen LogP) is 4.03. The summed E-state index contributed by atoms with van der Waals surface area (Å²) >= 11 is 5.44. The Morgan fingerprint density at radius 2 is 2.06 bits per heavy atom. The Kier molecular flexibility index (Phi) is 4.74. The monoisotopic (exact) mass is 299 g/mol. The molecule has 0 amide bonds. The van der Waals surface area contributed by atoms with Gasteiger partial charge >= 0.3 is 0 Å². The molecule has 0 bridgehead atoms. The summed E-state index contributed by atoms with van der Waals surface area (Å²) in [6, 6.07) is 9.39. The molecule has 0 aromatic heterocycles. The van der Waals surface area contributed by atoms with Crippen LogP contribution in [0.4, 0.5) is 0 Å². The number of likely N-dealkylation sites (tertiary alicyclic amines) is 1. The van der Waals surface area contributed by atoms with Crippen LogP contribution in [0.2, 0.25) is 0 Å². The van der Waals surface area contributed by atoms with Crippen molar-refractivity contribution in [2.45, 2.75) is 30.2 Å². The van der Waals surface area contributed by atoms with Crippen LogP contribution >= 0.6 is 27.7 Å². The molecule has 0 aliphatic carbocycles. The van der Waals surface area contributed by atoms with Gasteiger partial charge in [0.2, 0.25) is 0 Å². The van der Waals surface area contributed by atoms with Crippen LogP contribution < -0.4 is 0 Å². The molecule has 0 saturated carbocycles. The average molecular weight is 300 g/mol. The van der Waals surface area contributed by atoms with Gasteiger partial charge in [0.1, 0.15) is 0 Å². The molecular formula is C13H18BrNS. The lowest BCUT2D eigenvalue weighted by molar-refractivity contribution is 0.204. The van der Waals surface area contributed by atoms with Gasteiger partial charge in [-0.15, -0.1) is 11.8 Å². The van der Waals surface area contributed by atoms with Crippen LogP contribution in [0, 0.1) is 0 Å². The van der Waals surface area contributed by atoms with Gasteiger partial charge < -0.3 is 4.90 Å². The second-order valence-electron chi connectivity index (χ2n) is 4.40. The number of halogens is 1.